The molecule has 1 aromatic carbocycles. The zero-order valence-corrected chi connectivity index (χ0v) is 13.8. The normalized spacial score (nSPS) is 12.2. The standard InChI is InChI=1S/C14H14N6O3S/c1-8(12(21)15-14-18-17-11(24-14)7-23-2)20-13(22)9-5-3-4-6-10(9)16-19-20/h3-6,8H,7H2,1-2H3,(H,15,18,21)/t8-/m1/s1. The fraction of sp³-hybridized carbons (Fsp3) is 0.286. The summed E-state index contributed by atoms with van der Waals surface area (Å²) >= 11 is 1.20. The van der Waals surface area contributed by atoms with E-state index in [0.717, 1.165) is 4.68 Å². The first-order valence-electron chi connectivity index (χ1n) is 7.06. The van der Waals surface area contributed by atoms with Crippen molar-refractivity contribution in [2.75, 3.05) is 12.4 Å². The second-order valence-electron chi connectivity index (χ2n) is 4.96. The number of aromatic nitrogens is 5. The van der Waals surface area contributed by atoms with Crippen molar-refractivity contribution in [1.82, 2.24) is 25.2 Å². The molecule has 0 bridgehead atoms. The monoisotopic (exact) mass is 346 g/mol. The van der Waals surface area contributed by atoms with E-state index in [0.29, 0.717) is 27.6 Å². The maximum atomic E-state index is 12.5. The van der Waals surface area contributed by atoms with Crippen molar-refractivity contribution < 1.29 is 9.53 Å². The molecule has 0 aliphatic carbocycles. The van der Waals surface area contributed by atoms with Crippen LogP contribution in [0.15, 0.2) is 29.1 Å². The van der Waals surface area contributed by atoms with Gasteiger partial charge >= 0.3 is 0 Å². The van der Waals surface area contributed by atoms with Crippen LogP contribution in [-0.4, -0.2) is 38.2 Å². The number of ether oxygens (including phenoxy) is 1. The van der Waals surface area contributed by atoms with Crippen molar-refractivity contribution in [3.05, 3.63) is 39.6 Å². The van der Waals surface area contributed by atoms with Crippen molar-refractivity contribution >= 4 is 33.3 Å². The van der Waals surface area contributed by atoms with Crippen LogP contribution in [0.3, 0.4) is 0 Å². The maximum Gasteiger partial charge on any atom is 0.278 e. The van der Waals surface area contributed by atoms with Gasteiger partial charge in [0.25, 0.3) is 11.5 Å². The Morgan fingerprint density at radius 2 is 2.12 bits per heavy atom. The van der Waals surface area contributed by atoms with Crippen molar-refractivity contribution in [2.24, 2.45) is 0 Å². The molecule has 0 saturated heterocycles. The molecule has 9 nitrogen and oxygen atoms in total. The first-order valence-corrected chi connectivity index (χ1v) is 7.88. The van der Waals surface area contributed by atoms with Gasteiger partial charge in [0.1, 0.15) is 23.2 Å². The van der Waals surface area contributed by atoms with Crippen LogP contribution in [-0.2, 0) is 16.1 Å². The number of hydrogen-bond acceptors (Lipinski definition) is 8. The van der Waals surface area contributed by atoms with Gasteiger partial charge in [-0.3, -0.25) is 14.9 Å². The first-order chi connectivity index (χ1) is 11.6. The van der Waals surface area contributed by atoms with Crippen molar-refractivity contribution in [3.8, 4) is 0 Å². The van der Waals surface area contributed by atoms with Gasteiger partial charge in [-0.1, -0.05) is 28.7 Å². The average Bonchev–Trinajstić information content (AvgIpc) is 3.02. The summed E-state index contributed by atoms with van der Waals surface area (Å²) in [6.45, 7) is 1.88. The van der Waals surface area contributed by atoms with E-state index < -0.39 is 11.9 Å². The maximum absolute atomic E-state index is 12.5. The number of amides is 1. The van der Waals surface area contributed by atoms with E-state index in [2.05, 4.69) is 25.8 Å². The summed E-state index contributed by atoms with van der Waals surface area (Å²) in [5.41, 5.74) is 0.111. The molecule has 0 unspecified atom stereocenters. The summed E-state index contributed by atoms with van der Waals surface area (Å²) < 4.78 is 6.00. The minimum atomic E-state index is -0.843. The van der Waals surface area contributed by atoms with Gasteiger partial charge in [-0.05, 0) is 19.1 Å². The molecule has 3 aromatic rings. The molecule has 124 valence electrons. The molecule has 0 spiro atoms. The Kier molecular flexibility index (Phi) is 4.58. The van der Waals surface area contributed by atoms with E-state index in [4.69, 9.17) is 4.74 Å². The van der Waals surface area contributed by atoms with Crippen molar-refractivity contribution in [1.29, 1.82) is 0 Å². The molecule has 1 atom stereocenters. The van der Waals surface area contributed by atoms with E-state index in [1.165, 1.54) is 11.3 Å². The van der Waals surface area contributed by atoms with Gasteiger partial charge in [0.05, 0.1) is 5.39 Å². The molecule has 2 aromatic heterocycles. The zero-order chi connectivity index (χ0) is 17.1. The lowest BCUT2D eigenvalue weighted by atomic mass is 10.2. The van der Waals surface area contributed by atoms with Crippen LogP contribution in [0.1, 0.15) is 18.0 Å². The van der Waals surface area contributed by atoms with E-state index in [-0.39, 0.29) is 5.56 Å². The smallest absolute Gasteiger partial charge is 0.278 e. The predicted molar refractivity (Wildman–Crippen MR) is 87.8 cm³/mol. The molecular formula is C14H14N6O3S. The van der Waals surface area contributed by atoms with Crippen LogP contribution in [0.2, 0.25) is 0 Å². The number of methoxy groups -OCH3 is 1. The Bertz CT molecular complexity index is 937. The van der Waals surface area contributed by atoms with Crippen LogP contribution < -0.4 is 10.9 Å². The third kappa shape index (κ3) is 3.14. The minimum Gasteiger partial charge on any atom is -0.377 e. The number of carbonyl (C=O) groups is 1. The molecule has 0 aliphatic rings. The third-order valence-electron chi connectivity index (χ3n) is 3.30. The molecule has 3 rings (SSSR count). The highest BCUT2D eigenvalue weighted by molar-refractivity contribution is 7.15. The number of carbonyl (C=O) groups excluding carboxylic acids is 1. The topological polar surface area (TPSA) is 112 Å². The van der Waals surface area contributed by atoms with Gasteiger partial charge < -0.3 is 4.74 Å². The van der Waals surface area contributed by atoms with Crippen LogP contribution in [0.25, 0.3) is 10.9 Å². The first kappa shape index (κ1) is 16.1. The van der Waals surface area contributed by atoms with Crippen LogP contribution in [0, 0.1) is 0 Å². The molecule has 1 N–H and O–H groups in total. The number of nitrogens with zero attached hydrogens (tertiary/aromatic N) is 5. The summed E-state index contributed by atoms with van der Waals surface area (Å²) in [7, 11) is 1.55. The zero-order valence-electron chi connectivity index (χ0n) is 13.0. The van der Waals surface area contributed by atoms with E-state index >= 15 is 0 Å². The van der Waals surface area contributed by atoms with Gasteiger partial charge in [-0.2, -0.15) is 4.68 Å². The van der Waals surface area contributed by atoms with Crippen molar-refractivity contribution in [3.63, 3.8) is 0 Å². The molecule has 24 heavy (non-hydrogen) atoms. The number of benzene rings is 1. The Balaban J connectivity index is 1.82. The highest BCUT2D eigenvalue weighted by Crippen LogP contribution is 2.17. The summed E-state index contributed by atoms with van der Waals surface area (Å²) in [6.07, 6.45) is 0. The number of hydrogen-bond donors (Lipinski definition) is 1. The summed E-state index contributed by atoms with van der Waals surface area (Å²) in [6, 6.07) is 6.00. The molecule has 0 fully saturated rings. The molecule has 10 heteroatoms. The predicted octanol–water partition coefficient (Wildman–Crippen LogP) is 0.989. The van der Waals surface area contributed by atoms with Gasteiger partial charge in [0.15, 0.2) is 0 Å². The second-order valence-corrected chi connectivity index (χ2v) is 6.02. The molecule has 1 amide bonds. The van der Waals surface area contributed by atoms with Crippen LogP contribution in [0.5, 0.6) is 0 Å². The molecule has 0 radical (unpaired) electrons. The lowest BCUT2D eigenvalue weighted by Gasteiger charge is -2.12. The van der Waals surface area contributed by atoms with Crippen LogP contribution in [0.4, 0.5) is 5.13 Å². The number of rotatable bonds is 5. The quantitative estimate of drug-likeness (QED) is 0.733. The Morgan fingerprint density at radius 1 is 1.33 bits per heavy atom. The van der Waals surface area contributed by atoms with Gasteiger partial charge in [-0.25, -0.2) is 0 Å². The van der Waals surface area contributed by atoms with Crippen LogP contribution >= 0.6 is 11.3 Å². The van der Waals surface area contributed by atoms with E-state index in [1.807, 2.05) is 0 Å². The number of anilines is 1. The summed E-state index contributed by atoms with van der Waals surface area (Å²) in [4.78, 5) is 24.8. The summed E-state index contributed by atoms with van der Waals surface area (Å²) in [5.74, 6) is -0.429. The van der Waals surface area contributed by atoms with E-state index in [9.17, 15) is 9.59 Å². The summed E-state index contributed by atoms with van der Waals surface area (Å²) in [5, 5.41) is 19.6. The van der Waals surface area contributed by atoms with Crippen molar-refractivity contribution in [2.45, 2.75) is 19.6 Å². The Labute approximate surface area is 140 Å². The second kappa shape index (κ2) is 6.81. The molecule has 0 saturated carbocycles. The lowest BCUT2D eigenvalue weighted by molar-refractivity contribution is -0.119. The largest absolute Gasteiger partial charge is 0.377 e. The van der Waals surface area contributed by atoms with Gasteiger partial charge in [-0.15, -0.1) is 15.3 Å². The molecular weight excluding hydrogens is 332 g/mol. The minimum absolute atomic E-state index is 0.318. The molecule has 2 heterocycles. The molecule has 0 aliphatic heterocycles. The van der Waals surface area contributed by atoms with E-state index in [1.54, 1.807) is 38.3 Å². The Morgan fingerprint density at radius 3 is 2.92 bits per heavy atom. The number of nitrogens with one attached hydrogen (secondary N) is 1. The lowest BCUT2D eigenvalue weighted by Crippen LogP contribution is -2.34. The third-order valence-corrected chi connectivity index (χ3v) is 4.11. The Hall–Kier alpha value is -2.72. The van der Waals surface area contributed by atoms with Gasteiger partial charge in [0.2, 0.25) is 5.13 Å². The highest BCUT2D eigenvalue weighted by atomic mass is 32.1. The SMILES string of the molecule is COCc1nnc(NC(=O)[C@@H](C)n2nnc3ccccc3c2=O)s1. The van der Waals surface area contributed by atoms with Gasteiger partial charge in [0, 0.05) is 7.11 Å². The fourth-order valence-corrected chi connectivity index (χ4v) is 2.78. The fourth-order valence-electron chi connectivity index (χ4n) is 2.06. The highest BCUT2D eigenvalue weighted by Gasteiger charge is 2.20. The average molecular weight is 346 g/mol. The number of fused-ring (bicyclic) bond motifs is 1.